The maximum atomic E-state index is 5.44. The molecule has 5 heteroatoms. The predicted molar refractivity (Wildman–Crippen MR) is 103 cm³/mol. The lowest BCUT2D eigenvalue weighted by Crippen LogP contribution is -2.36. The number of rotatable bonds is 6. The molecule has 0 radical (unpaired) electrons. The van der Waals surface area contributed by atoms with Crippen molar-refractivity contribution >= 4 is 5.96 Å². The van der Waals surface area contributed by atoms with Crippen LogP contribution in [-0.4, -0.2) is 27.2 Å². The van der Waals surface area contributed by atoms with Crippen LogP contribution in [0.25, 0.3) is 0 Å². The van der Waals surface area contributed by atoms with Crippen molar-refractivity contribution in [2.45, 2.75) is 26.9 Å². The summed E-state index contributed by atoms with van der Waals surface area (Å²) in [6.45, 7) is 5.43. The van der Waals surface area contributed by atoms with Crippen LogP contribution in [0.15, 0.2) is 41.4 Å². The molecule has 0 spiro atoms. The smallest absolute Gasteiger partial charge is 0.191 e. The lowest BCUT2D eigenvalue weighted by molar-refractivity contribution is 0.408. The van der Waals surface area contributed by atoms with E-state index in [0.29, 0.717) is 13.1 Å². The molecule has 2 rings (SSSR count). The molecule has 5 nitrogen and oxygen atoms in total. The number of hydrogen-bond acceptors (Lipinski definition) is 3. The van der Waals surface area contributed by atoms with Gasteiger partial charge in [-0.05, 0) is 42.7 Å². The van der Waals surface area contributed by atoms with E-state index in [4.69, 9.17) is 9.47 Å². The van der Waals surface area contributed by atoms with Gasteiger partial charge in [0.1, 0.15) is 11.5 Å². The van der Waals surface area contributed by atoms with Gasteiger partial charge in [0.05, 0.1) is 14.2 Å². The zero-order chi connectivity index (χ0) is 18.2. The van der Waals surface area contributed by atoms with Crippen molar-refractivity contribution in [3.8, 4) is 11.5 Å². The maximum absolute atomic E-state index is 5.44. The number of aliphatic imine (C=N–C) groups is 1. The minimum atomic E-state index is 0.644. The average Bonchev–Trinajstić information content (AvgIpc) is 2.62. The lowest BCUT2D eigenvalue weighted by atomic mass is 10.1. The molecular formula is C20H27N3O2. The minimum absolute atomic E-state index is 0.644. The van der Waals surface area contributed by atoms with Gasteiger partial charge in [0, 0.05) is 25.7 Å². The first kappa shape index (κ1) is 18.6. The number of nitrogens with one attached hydrogen (secondary N) is 2. The Labute approximate surface area is 150 Å². The molecule has 2 aromatic rings. The van der Waals surface area contributed by atoms with Crippen molar-refractivity contribution in [1.82, 2.24) is 10.6 Å². The monoisotopic (exact) mass is 341 g/mol. The van der Waals surface area contributed by atoms with Crippen LogP contribution in [0.2, 0.25) is 0 Å². The molecule has 0 heterocycles. The highest BCUT2D eigenvalue weighted by Gasteiger charge is 2.05. The van der Waals surface area contributed by atoms with E-state index in [2.05, 4.69) is 46.8 Å². The Bertz CT molecular complexity index is 742. The molecule has 2 N–H and O–H groups in total. The van der Waals surface area contributed by atoms with Gasteiger partial charge in [-0.3, -0.25) is 4.99 Å². The normalized spacial score (nSPS) is 11.2. The second kappa shape index (κ2) is 8.97. The number of guanidine groups is 1. The minimum Gasteiger partial charge on any atom is -0.496 e. The van der Waals surface area contributed by atoms with Crippen molar-refractivity contribution in [2.24, 2.45) is 4.99 Å². The zero-order valence-electron chi connectivity index (χ0n) is 15.6. The molecule has 0 unspecified atom stereocenters. The summed E-state index contributed by atoms with van der Waals surface area (Å²) in [5, 5.41) is 6.65. The zero-order valence-corrected chi connectivity index (χ0v) is 15.6. The molecule has 25 heavy (non-hydrogen) atoms. The van der Waals surface area contributed by atoms with Crippen molar-refractivity contribution in [3.05, 3.63) is 58.7 Å². The third kappa shape index (κ3) is 5.14. The Morgan fingerprint density at radius 1 is 0.920 bits per heavy atom. The molecule has 134 valence electrons. The largest absolute Gasteiger partial charge is 0.496 e. The molecule has 0 amide bonds. The van der Waals surface area contributed by atoms with E-state index in [-0.39, 0.29) is 0 Å². The second-order valence-electron chi connectivity index (χ2n) is 5.90. The Balaban J connectivity index is 1.94. The van der Waals surface area contributed by atoms with Gasteiger partial charge in [0.2, 0.25) is 0 Å². The SMILES string of the molecule is CN=C(NCc1ccc(OC)c(C)c1)NCc1ccc(C)cc1OC. The topological polar surface area (TPSA) is 54.9 Å². The number of benzene rings is 2. The van der Waals surface area contributed by atoms with Crippen LogP contribution in [0.4, 0.5) is 0 Å². The number of methoxy groups -OCH3 is 2. The van der Waals surface area contributed by atoms with Gasteiger partial charge in [-0.1, -0.05) is 24.3 Å². The molecule has 2 aromatic carbocycles. The van der Waals surface area contributed by atoms with Crippen LogP contribution < -0.4 is 20.1 Å². The van der Waals surface area contributed by atoms with Gasteiger partial charge in [-0.25, -0.2) is 0 Å². The van der Waals surface area contributed by atoms with Crippen LogP contribution in [0.5, 0.6) is 11.5 Å². The fourth-order valence-electron chi connectivity index (χ4n) is 2.63. The molecule has 0 aliphatic heterocycles. The Morgan fingerprint density at radius 2 is 1.64 bits per heavy atom. The molecule has 0 atom stereocenters. The third-order valence-electron chi connectivity index (χ3n) is 4.03. The van der Waals surface area contributed by atoms with Gasteiger partial charge in [0.25, 0.3) is 0 Å². The van der Waals surface area contributed by atoms with Crippen LogP contribution in [0.1, 0.15) is 22.3 Å². The van der Waals surface area contributed by atoms with Gasteiger partial charge >= 0.3 is 0 Å². The first-order chi connectivity index (χ1) is 12.1. The van der Waals surface area contributed by atoms with Crippen LogP contribution in [-0.2, 0) is 13.1 Å². The first-order valence-electron chi connectivity index (χ1n) is 8.29. The van der Waals surface area contributed by atoms with Gasteiger partial charge in [-0.2, -0.15) is 0 Å². The number of hydrogen-bond donors (Lipinski definition) is 2. The molecule has 0 aliphatic rings. The van der Waals surface area contributed by atoms with Crippen LogP contribution >= 0.6 is 0 Å². The number of ether oxygens (including phenoxy) is 2. The highest BCUT2D eigenvalue weighted by Crippen LogP contribution is 2.20. The summed E-state index contributed by atoms with van der Waals surface area (Å²) in [5.41, 5.74) is 4.57. The Kier molecular flexibility index (Phi) is 6.69. The molecule has 0 saturated heterocycles. The first-order valence-corrected chi connectivity index (χ1v) is 8.29. The maximum Gasteiger partial charge on any atom is 0.191 e. The van der Waals surface area contributed by atoms with E-state index in [0.717, 1.165) is 28.6 Å². The third-order valence-corrected chi connectivity index (χ3v) is 4.03. The molecule has 0 bridgehead atoms. The highest BCUT2D eigenvalue weighted by molar-refractivity contribution is 5.79. The van der Waals surface area contributed by atoms with Gasteiger partial charge < -0.3 is 20.1 Å². The Morgan fingerprint density at radius 3 is 2.28 bits per heavy atom. The molecule has 0 aromatic heterocycles. The van der Waals surface area contributed by atoms with E-state index in [9.17, 15) is 0 Å². The number of nitrogens with zero attached hydrogens (tertiary/aromatic N) is 1. The van der Waals surface area contributed by atoms with E-state index in [1.165, 1.54) is 11.1 Å². The summed E-state index contributed by atoms with van der Waals surface area (Å²) in [6.07, 6.45) is 0. The molecule has 0 fully saturated rings. The van der Waals surface area contributed by atoms with Crippen molar-refractivity contribution in [1.29, 1.82) is 0 Å². The van der Waals surface area contributed by atoms with Gasteiger partial charge in [-0.15, -0.1) is 0 Å². The summed E-state index contributed by atoms with van der Waals surface area (Å²) in [5.74, 6) is 2.53. The van der Waals surface area contributed by atoms with E-state index >= 15 is 0 Å². The molecular weight excluding hydrogens is 314 g/mol. The lowest BCUT2D eigenvalue weighted by Gasteiger charge is -2.15. The molecule has 0 saturated carbocycles. The van der Waals surface area contributed by atoms with Crippen molar-refractivity contribution in [3.63, 3.8) is 0 Å². The fraction of sp³-hybridized carbons (Fsp3) is 0.350. The summed E-state index contributed by atoms with van der Waals surface area (Å²) in [7, 11) is 5.14. The highest BCUT2D eigenvalue weighted by atomic mass is 16.5. The van der Waals surface area contributed by atoms with E-state index in [1.54, 1.807) is 21.3 Å². The summed E-state index contributed by atoms with van der Waals surface area (Å²) in [4.78, 5) is 4.28. The van der Waals surface area contributed by atoms with Crippen molar-refractivity contribution < 1.29 is 9.47 Å². The average molecular weight is 341 g/mol. The standard InChI is InChI=1S/C20H27N3O2/c1-14-6-8-17(19(10-14)25-5)13-23-20(21-3)22-12-16-7-9-18(24-4)15(2)11-16/h6-11H,12-13H2,1-5H3,(H2,21,22,23). The van der Waals surface area contributed by atoms with Crippen LogP contribution in [0, 0.1) is 13.8 Å². The summed E-state index contributed by atoms with van der Waals surface area (Å²) in [6, 6.07) is 12.3. The number of aryl methyl sites for hydroxylation is 2. The van der Waals surface area contributed by atoms with E-state index < -0.39 is 0 Å². The second-order valence-corrected chi connectivity index (χ2v) is 5.90. The van der Waals surface area contributed by atoms with E-state index in [1.807, 2.05) is 19.1 Å². The Hall–Kier alpha value is -2.69. The van der Waals surface area contributed by atoms with Crippen LogP contribution in [0.3, 0.4) is 0 Å². The fourth-order valence-corrected chi connectivity index (χ4v) is 2.63. The van der Waals surface area contributed by atoms with Crippen molar-refractivity contribution in [2.75, 3.05) is 21.3 Å². The summed E-state index contributed by atoms with van der Waals surface area (Å²) >= 11 is 0. The molecule has 0 aliphatic carbocycles. The predicted octanol–water partition coefficient (Wildman–Crippen LogP) is 3.19. The quantitative estimate of drug-likeness (QED) is 0.626. The summed E-state index contributed by atoms with van der Waals surface area (Å²) < 4.78 is 10.7. The van der Waals surface area contributed by atoms with Gasteiger partial charge in [0.15, 0.2) is 5.96 Å².